The van der Waals surface area contributed by atoms with Crippen molar-refractivity contribution in [2.45, 2.75) is 33.1 Å². The van der Waals surface area contributed by atoms with E-state index in [1.54, 1.807) is 9.58 Å². The molecule has 0 aliphatic carbocycles. The summed E-state index contributed by atoms with van der Waals surface area (Å²) in [6.45, 7) is 5.02. The van der Waals surface area contributed by atoms with Crippen LogP contribution in [0.4, 0.5) is 10.6 Å². The molecule has 6 heteroatoms. The fourth-order valence-electron chi connectivity index (χ4n) is 1.80. The molecule has 0 aliphatic heterocycles. The molecule has 6 nitrogen and oxygen atoms in total. The lowest BCUT2D eigenvalue weighted by molar-refractivity contribution is 0.187. The number of aromatic nitrogens is 2. The van der Waals surface area contributed by atoms with Crippen LogP contribution in [-0.4, -0.2) is 45.5 Å². The Morgan fingerprint density at radius 3 is 2.74 bits per heavy atom. The van der Waals surface area contributed by atoms with E-state index in [2.05, 4.69) is 17.3 Å². The molecule has 1 rings (SSSR count). The van der Waals surface area contributed by atoms with E-state index in [0.29, 0.717) is 18.9 Å². The summed E-state index contributed by atoms with van der Waals surface area (Å²) < 4.78 is 1.71. The maximum absolute atomic E-state index is 12.1. The Balaban J connectivity index is 2.55. The number of urea groups is 1. The average Bonchev–Trinajstić information content (AvgIpc) is 2.67. The van der Waals surface area contributed by atoms with Crippen LogP contribution in [0.1, 0.15) is 31.9 Å². The molecular weight excluding hydrogens is 244 g/mol. The summed E-state index contributed by atoms with van der Waals surface area (Å²) in [6.07, 6.45) is 3.14. The second-order valence-electron chi connectivity index (χ2n) is 4.64. The van der Waals surface area contributed by atoms with Gasteiger partial charge in [0.1, 0.15) is 0 Å². The highest BCUT2D eigenvalue weighted by Crippen LogP contribution is 2.08. The molecule has 0 radical (unpaired) electrons. The van der Waals surface area contributed by atoms with Gasteiger partial charge in [-0.25, -0.2) is 4.79 Å². The Morgan fingerprint density at radius 2 is 2.21 bits per heavy atom. The van der Waals surface area contributed by atoms with Crippen LogP contribution in [-0.2, 0) is 7.05 Å². The number of unbranched alkanes of at least 4 members (excludes halogenated alkanes) is 2. The summed E-state index contributed by atoms with van der Waals surface area (Å²) in [5.41, 5.74) is 0.981. The highest BCUT2D eigenvalue weighted by atomic mass is 16.3. The number of aryl methyl sites for hydroxylation is 2. The molecule has 0 spiro atoms. The first-order valence-corrected chi connectivity index (χ1v) is 6.76. The van der Waals surface area contributed by atoms with Crippen molar-refractivity contribution in [3.8, 4) is 0 Å². The molecule has 2 N–H and O–H groups in total. The Morgan fingerprint density at radius 1 is 1.47 bits per heavy atom. The highest BCUT2D eigenvalue weighted by molar-refractivity contribution is 5.88. The van der Waals surface area contributed by atoms with E-state index in [9.17, 15) is 4.79 Å². The van der Waals surface area contributed by atoms with Gasteiger partial charge in [-0.3, -0.25) is 10.00 Å². The van der Waals surface area contributed by atoms with E-state index >= 15 is 0 Å². The van der Waals surface area contributed by atoms with Crippen LogP contribution in [0.3, 0.4) is 0 Å². The van der Waals surface area contributed by atoms with Crippen molar-refractivity contribution in [1.29, 1.82) is 0 Å². The van der Waals surface area contributed by atoms with Crippen LogP contribution in [0.5, 0.6) is 0 Å². The third kappa shape index (κ3) is 4.90. The first kappa shape index (κ1) is 15.5. The van der Waals surface area contributed by atoms with Gasteiger partial charge in [-0.15, -0.1) is 0 Å². The zero-order valence-corrected chi connectivity index (χ0v) is 12.0. The van der Waals surface area contributed by atoms with Gasteiger partial charge in [0.15, 0.2) is 5.82 Å². The summed E-state index contributed by atoms with van der Waals surface area (Å²) in [7, 11) is 1.83. The number of anilines is 1. The van der Waals surface area contributed by atoms with Gasteiger partial charge in [0.05, 0.1) is 6.61 Å². The van der Waals surface area contributed by atoms with E-state index in [1.165, 1.54) is 0 Å². The van der Waals surface area contributed by atoms with Gasteiger partial charge in [-0.1, -0.05) is 19.8 Å². The van der Waals surface area contributed by atoms with Crippen LogP contribution in [0.2, 0.25) is 0 Å². The standard InChI is InChI=1S/C13H24N4O2/c1-4-5-6-7-17(8-9-18)13(19)14-12-10-11(2)16(3)15-12/h10,18H,4-9H2,1-3H3,(H,14,15,19). The predicted octanol–water partition coefficient (Wildman–Crippen LogP) is 1.74. The molecule has 1 aromatic rings. The van der Waals surface area contributed by atoms with Gasteiger partial charge in [-0.2, -0.15) is 5.10 Å². The van der Waals surface area contributed by atoms with E-state index in [-0.39, 0.29) is 12.6 Å². The molecule has 0 aliphatic rings. The number of carbonyl (C=O) groups is 1. The molecule has 0 aromatic carbocycles. The molecule has 108 valence electrons. The van der Waals surface area contributed by atoms with Crippen molar-refractivity contribution < 1.29 is 9.90 Å². The maximum atomic E-state index is 12.1. The second-order valence-corrected chi connectivity index (χ2v) is 4.64. The van der Waals surface area contributed by atoms with Gasteiger partial charge in [0, 0.05) is 31.9 Å². The van der Waals surface area contributed by atoms with Crippen molar-refractivity contribution in [3.63, 3.8) is 0 Å². The number of amides is 2. The topological polar surface area (TPSA) is 70.4 Å². The summed E-state index contributed by atoms with van der Waals surface area (Å²) in [5, 5.41) is 16.0. The molecule has 2 amide bonds. The third-order valence-electron chi connectivity index (χ3n) is 3.04. The first-order chi connectivity index (χ1) is 9.08. The Bertz CT molecular complexity index is 384. The number of hydrogen-bond acceptors (Lipinski definition) is 3. The van der Waals surface area contributed by atoms with Gasteiger partial charge in [0.25, 0.3) is 0 Å². The lowest BCUT2D eigenvalue weighted by Crippen LogP contribution is -2.37. The fourth-order valence-corrected chi connectivity index (χ4v) is 1.80. The minimum atomic E-state index is -0.205. The molecule has 0 bridgehead atoms. The summed E-state index contributed by atoms with van der Waals surface area (Å²) in [6, 6.07) is 1.62. The quantitative estimate of drug-likeness (QED) is 0.740. The minimum Gasteiger partial charge on any atom is -0.395 e. The van der Waals surface area contributed by atoms with Gasteiger partial charge >= 0.3 is 6.03 Å². The lowest BCUT2D eigenvalue weighted by Gasteiger charge is -2.21. The Hall–Kier alpha value is -1.56. The molecule has 0 saturated heterocycles. The molecule has 19 heavy (non-hydrogen) atoms. The van der Waals surface area contributed by atoms with Crippen LogP contribution >= 0.6 is 0 Å². The molecule has 1 aromatic heterocycles. The van der Waals surface area contributed by atoms with Crippen LogP contribution in [0.15, 0.2) is 6.07 Å². The van der Waals surface area contributed by atoms with Crippen LogP contribution < -0.4 is 5.32 Å². The second kappa shape index (κ2) is 7.78. The molecule has 0 atom stereocenters. The maximum Gasteiger partial charge on any atom is 0.323 e. The highest BCUT2D eigenvalue weighted by Gasteiger charge is 2.14. The molecular formula is C13H24N4O2. The van der Waals surface area contributed by atoms with Crippen molar-refractivity contribution in [1.82, 2.24) is 14.7 Å². The number of nitrogens with zero attached hydrogens (tertiary/aromatic N) is 3. The van der Waals surface area contributed by atoms with E-state index in [1.807, 2.05) is 20.0 Å². The van der Waals surface area contributed by atoms with E-state index < -0.39 is 0 Å². The number of hydrogen-bond donors (Lipinski definition) is 2. The van der Waals surface area contributed by atoms with Crippen molar-refractivity contribution in [3.05, 3.63) is 11.8 Å². The minimum absolute atomic E-state index is 0.0270. The lowest BCUT2D eigenvalue weighted by atomic mass is 10.2. The van der Waals surface area contributed by atoms with Crippen molar-refractivity contribution in [2.75, 3.05) is 25.0 Å². The zero-order chi connectivity index (χ0) is 14.3. The van der Waals surface area contributed by atoms with E-state index in [4.69, 9.17) is 5.11 Å². The number of nitrogens with one attached hydrogen (secondary N) is 1. The first-order valence-electron chi connectivity index (χ1n) is 6.76. The monoisotopic (exact) mass is 268 g/mol. The predicted molar refractivity (Wildman–Crippen MR) is 75.1 cm³/mol. The number of aliphatic hydroxyl groups is 1. The van der Waals surface area contributed by atoms with Gasteiger partial charge < -0.3 is 10.0 Å². The van der Waals surface area contributed by atoms with Crippen LogP contribution in [0.25, 0.3) is 0 Å². The summed E-state index contributed by atoms with van der Waals surface area (Å²) in [4.78, 5) is 13.7. The third-order valence-corrected chi connectivity index (χ3v) is 3.04. The molecule has 0 saturated carbocycles. The van der Waals surface area contributed by atoms with E-state index in [0.717, 1.165) is 25.0 Å². The SMILES string of the molecule is CCCCCN(CCO)C(=O)Nc1cc(C)n(C)n1. The number of carbonyl (C=O) groups excluding carboxylic acids is 1. The largest absolute Gasteiger partial charge is 0.395 e. The molecule has 0 fully saturated rings. The van der Waals surface area contributed by atoms with Crippen molar-refractivity contribution in [2.24, 2.45) is 7.05 Å². The summed E-state index contributed by atoms with van der Waals surface area (Å²) in [5.74, 6) is 0.545. The molecule has 0 unspecified atom stereocenters. The molecule has 1 heterocycles. The Labute approximate surface area is 114 Å². The summed E-state index contributed by atoms with van der Waals surface area (Å²) >= 11 is 0. The van der Waals surface area contributed by atoms with Crippen molar-refractivity contribution >= 4 is 11.8 Å². The van der Waals surface area contributed by atoms with Gasteiger partial charge in [0.2, 0.25) is 0 Å². The number of rotatable bonds is 7. The average molecular weight is 268 g/mol. The van der Waals surface area contributed by atoms with Gasteiger partial charge in [-0.05, 0) is 13.3 Å². The zero-order valence-electron chi connectivity index (χ0n) is 12.0. The number of aliphatic hydroxyl groups excluding tert-OH is 1. The Kier molecular flexibility index (Phi) is 6.35. The fraction of sp³-hybridized carbons (Fsp3) is 0.692. The normalized spacial score (nSPS) is 10.5. The smallest absolute Gasteiger partial charge is 0.323 e. The van der Waals surface area contributed by atoms with Crippen LogP contribution in [0, 0.1) is 6.92 Å².